The van der Waals surface area contributed by atoms with Crippen molar-refractivity contribution < 1.29 is 28.3 Å². The van der Waals surface area contributed by atoms with Crippen LogP contribution >= 0.6 is 0 Å². The first-order valence-electron chi connectivity index (χ1n) is 13.0. The molecule has 0 bridgehead atoms. The number of nitrogens with two attached hydrogens (primary N) is 1. The summed E-state index contributed by atoms with van der Waals surface area (Å²) >= 11 is 0. The third kappa shape index (κ3) is 6.43. The average Bonchev–Trinajstić information content (AvgIpc) is 3.32. The number of anilines is 1. The van der Waals surface area contributed by atoms with Gasteiger partial charge in [-0.15, -0.1) is 0 Å². The predicted octanol–water partition coefficient (Wildman–Crippen LogP) is 4.63. The molecule has 8 nitrogen and oxygen atoms in total. The molecule has 36 heavy (non-hydrogen) atoms. The third-order valence-corrected chi connectivity index (χ3v) is 7.85. The first kappa shape index (κ1) is 26.1. The summed E-state index contributed by atoms with van der Waals surface area (Å²) in [6, 6.07) is 5.22. The van der Waals surface area contributed by atoms with Crippen LogP contribution in [0.4, 0.5) is 10.1 Å². The van der Waals surface area contributed by atoms with Crippen molar-refractivity contribution in [1.29, 1.82) is 0 Å². The molecule has 1 aromatic heterocycles. The molecule has 0 aliphatic heterocycles. The van der Waals surface area contributed by atoms with Gasteiger partial charge in [0.2, 0.25) is 17.6 Å². The van der Waals surface area contributed by atoms with Crippen LogP contribution in [0.5, 0.6) is 0 Å². The molecular weight excluding hydrogens is 465 g/mol. The number of nitrogens with one attached hydrogen (secondary N) is 2. The molecule has 9 heteroatoms. The quantitative estimate of drug-likeness (QED) is 0.396. The summed E-state index contributed by atoms with van der Waals surface area (Å²) in [6.07, 6.45) is 8.86. The fourth-order valence-corrected chi connectivity index (χ4v) is 5.67. The highest BCUT2D eigenvalue weighted by Gasteiger charge is 2.32. The van der Waals surface area contributed by atoms with Gasteiger partial charge in [-0.1, -0.05) is 32.1 Å². The normalized spacial score (nSPS) is 22.6. The Morgan fingerprint density at radius 1 is 1.06 bits per heavy atom. The number of carbonyl (C=O) groups excluding carboxylic acids is 2. The van der Waals surface area contributed by atoms with Gasteiger partial charge in [0.1, 0.15) is 18.3 Å². The van der Waals surface area contributed by atoms with E-state index in [9.17, 15) is 18.8 Å². The molecule has 2 aliphatic rings. The number of rotatable bonds is 9. The Balaban J connectivity index is 1.43. The molecule has 196 valence electrons. The smallest absolute Gasteiger partial charge is 0.371 e. The van der Waals surface area contributed by atoms with E-state index in [1.54, 1.807) is 18.2 Å². The van der Waals surface area contributed by atoms with Crippen molar-refractivity contribution >= 4 is 34.4 Å². The highest BCUT2D eigenvalue weighted by Crippen LogP contribution is 2.32. The first-order valence-corrected chi connectivity index (χ1v) is 13.0. The lowest BCUT2D eigenvalue weighted by Gasteiger charge is -2.32. The molecule has 2 saturated carbocycles. The minimum absolute atomic E-state index is 0.0971. The summed E-state index contributed by atoms with van der Waals surface area (Å²) in [6.45, 7) is -0.548. The highest BCUT2D eigenvalue weighted by atomic mass is 19.1. The number of benzene rings is 1. The molecule has 1 heterocycles. The number of aromatic carboxylic acids is 1. The molecule has 2 aliphatic carbocycles. The molecule has 4 rings (SSSR count). The lowest BCUT2D eigenvalue weighted by atomic mass is 9.78. The number of carboxylic acid groups (broad SMARTS) is 1. The minimum Gasteiger partial charge on any atom is -0.475 e. The van der Waals surface area contributed by atoms with Gasteiger partial charge in [-0.3, -0.25) is 9.59 Å². The maximum absolute atomic E-state index is 13.3. The molecule has 1 aromatic carbocycles. The summed E-state index contributed by atoms with van der Waals surface area (Å²) in [5.41, 5.74) is 6.78. The van der Waals surface area contributed by atoms with Crippen molar-refractivity contribution in [3.63, 3.8) is 0 Å². The van der Waals surface area contributed by atoms with Crippen LogP contribution in [-0.4, -0.2) is 41.6 Å². The van der Waals surface area contributed by atoms with E-state index in [1.165, 1.54) is 12.5 Å². The Labute approximate surface area is 210 Å². The van der Waals surface area contributed by atoms with Gasteiger partial charge in [-0.25, -0.2) is 9.18 Å². The SMILES string of the molecule is NC(CF)C1CCC(C(=O)N[C@@H](CC2CCCCC2)C(=O)Nc2ccc3oc(C(=O)O)cc3c2)CC1. The zero-order valence-corrected chi connectivity index (χ0v) is 20.5. The van der Waals surface area contributed by atoms with Crippen LogP contribution in [0.25, 0.3) is 11.0 Å². The molecule has 5 N–H and O–H groups in total. The van der Waals surface area contributed by atoms with E-state index in [0.29, 0.717) is 54.7 Å². The van der Waals surface area contributed by atoms with Crippen LogP contribution in [0.2, 0.25) is 0 Å². The number of fused-ring (bicyclic) bond motifs is 1. The van der Waals surface area contributed by atoms with E-state index in [1.807, 2.05) is 0 Å². The van der Waals surface area contributed by atoms with Gasteiger partial charge in [0.15, 0.2) is 0 Å². The molecule has 1 unspecified atom stereocenters. The Kier molecular flexibility index (Phi) is 8.61. The second-order valence-electron chi connectivity index (χ2n) is 10.4. The number of carbonyl (C=O) groups is 3. The Morgan fingerprint density at radius 2 is 1.78 bits per heavy atom. The zero-order valence-electron chi connectivity index (χ0n) is 20.5. The molecule has 0 radical (unpaired) electrons. The predicted molar refractivity (Wildman–Crippen MR) is 134 cm³/mol. The number of furan rings is 1. The van der Waals surface area contributed by atoms with Crippen molar-refractivity contribution in [3.8, 4) is 0 Å². The third-order valence-electron chi connectivity index (χ3n) is 7.85. The molecule has 2 atom stereocenters. The summed E-state index contributed by atoms with van der Waals surface area (Å²) in [5, 5.41) is 15.6. The van der Waals surface area contributed by atoms with Gasteiger partial charge in [0.05, 0.1) is 0 Å². The fourth-order valence-electron chi connectivity index (χ4n) is 5.67. The summed E-state index contributed by atoms with van der Waals surface area (Å²) < 4.78 is 18.2. The van der Waals surface area contributed by atoms with Crippen LogP contribution in [0.15, 0.2) is 28.7 Å². The van der Waals surface area contributed by atoms with Crippen molar-refractivity contribution in [1.82, 2.24) is 5.32 Å². The maximum Gasteiger partial charge on any atom is 0.371 e. The second kappa shape index (κ2) is 11.9. The monoisotopic (exact) mass is 501 g/mol. The standard InChI is InChI=1S/C27H36FN3O5/c28-15-21(29)17-6-8-18(9-7-17)25(32)31-22(12-16-4-2-1-3-5-16)26(33)30-20-10-11-23-19(13-20)14-24(36-23)27(34)35/h10-11,13-14,16-18,21-22H,1-9,12,15,29H2,(H,30,33)(H,31,32)(H,34,35)/t17?,18?,21?,22-/m0/s1. The van der Waals surface area contributed by atoms with Crippen LogP contribution in [0.3, 0.4) is 0 Å². The maximum atomic E-state index is 13.3. The van der Waals surface area contributed by atoms with Gasteiger partial charge < -0.3 is 25.9 Å². The number of carboxylic acids is 1. The number of alkyl halides is 1. The summed E-state index contributed by atoms with van der Waals surface area (Å²) in [5.74, 6) is -1.47. The second-order valence-corrected chi connectivity index (χ2v) is 10.4. The van der Waals surface area contributed by atoms with Crippen molar-refractivity contribution in [3.05, 3.63) is 30.0 Å². The van der Waals surface area contributed by atoms with E-state index >= 15 is 0 Å². The van der Waals surface area contributed by atoms with Gasteiger partial charge in [0, 0.05) is 23.0 Å². The van der Waals surface area contributed by atoms with Crippen LogP contribution < -0.4 is 16.4 Å². The molecule has 0 saturated heterocycles. The van der Waals surface area contributed by atoms with Crippen molar-refractivity contribution in [2.24, 2.45) is 23.5 Å². The average molecular weight is 502 g/mol. The van der Waals surface area contributed by atoms with Crippen molar-refractivity contribution in [2.75, 3.05) is 12.0 Å². The molecule has 2 amide bonds. The molecule has 0 spiro atoms. The Morgan fingerprint density at radius 3 is 2.44 bits per heavy atom. The number of hydrogen-bond donors (Lipinski definition) is 4. The van der Waals surface area contributed by atoms with Gasteiger partial charge in [-0.05, 0) is 68.2 Å². The minimum atomic E-state index is -1.16. The van der Waals surface area contributed by atoms with E-state index in [2.05, 4.69) is 10.6 Å². The first-order chi connectivity index (χ1) is 17.3. The van der Waals surface area contributed by atoms with Crippen LogP contribution in [0, 0.1) is 17.8 Å². The highest BCUT2D eigenvalue weighted by molar-refractivity contribution is 5.99. The molecule has 2 fully saturated rings. The van der Waals surface area contributed by atoms with E-state index < -0.39 is 24.7 Å². The van der Waals surface area contributed by atoms with E-state index in [0.717, 1.165) is 25.7 Å². The number of amides is 2. The summed E-state index contributed by atoms with van der Waals surface area (Å²) in [4.78, 5) is 37.6. The molecule has 2 aromatic rings. The van der Waals surface area contributed by atoms with Gasteiger partial charge in [0.25, 0.3) is 0 Å². The van der Waals surface area contributed by atoms with E-state index in [4.69, 9.17) is 15.3 Å². The molecular formula is C27H36FN3O5. The van der Waals surface area contributed by atoms with Gasteiger partial charge >= 0.3 is 5.97 Å². The largest absolute Gasteiger partial charge is 0.475 e. The van der Waals surface area contributed by atoms with Crippen LogP contribution in [-0.2, 0) is 9.59 Å². The number of hydrogen-bond acceptors (Lipinski definition) is 5. The van der Waals surface area contributed by atoms with E-state index in [-0.39, 0.29) is 29.4 Å². The lowest BCUT2D eigenvalue weighted by molar-refractivity contribution is -0.130. The van der Waals surface area contributed by atoms with Crippen molar-refractivity contribution in [2.45, 2.75) is 76.3 Å². The summed E-state index contributed by atoms with van der Waals surface area (Å²) in [7, 11) is 0. The fraction of sp³-hybridized carbons (Fsp3) is 0.593. The lowest BCUT2D eigenvalue weighted by Crippen LogP contribution is -2.48. The van der Waals surface area contributed by atoms with Crippen LogP contribution in [0.1, 0.15) is 74.8 Å². The Bertz CT molecular complexity index is 1070. The Hall–Kier alpha value is -2.94. The number of halogens is 1. The topological polar surface area (TPSA) is 135 Å². The van der Waals surface area contributed by atoms with Gasteiger partial charge in [-0.2, -0.15) is 0 Å². The zero-order chi connectivity index (χ0) is 25.7.